The lowest BCUT2D eigenvalue weighted by molar-refractivity contribution is 0.590. The summed E-state index contributed by atoms with van der Waals surface area (Å²) >= 11 is 0. The average Bonchev–Trinajstić information content (AvgIpc) is 3.08. The Morgan fingerprint density at radius 1 is 0.833 bits per heavy atom. The van der Waals surface area contributed by atoms with Crippen LogP contribution >= 0.6 is 0 Å². The Hall–Kier alpha value is -2.38. The van der Waals surface area contributed by atoms with E-state index in [1.165, 1.54) is 38.6 Å². The normalized spacial score (nSPS) is 16.0. The third-order valence-corrected chi connectivity index (χ3v) is 8.07. The first-order chi connectivity index (χ1) is 14.3. The van der Waals surface area contributed by atoms with Gasteiger partial charge in [0.1, 0.15) is 0 Å². The Morgan fingerprint density at radius 3 is 2.17 bits per heavy atom. The summed E-state index contributed by atoms with van der Waals surface area (Å²) in [4.78, 5) is 0. The Balaban J connectivity index is 1.77. The molecule has 3 aromatic carbocycles. The maximum absolute atomic E-state index is 2.49. The predicted molar refractivity (Wildman–Crippen MR) is 133 cm³/mol. The molecule has 30 heavy (non-hydrogen) atoms. The summed E-state index contributed by atoms with van der Waals surface area (Å²) in [7, 11) is 0.773. The van der Waals surface area contributed by atoms with Gasteiger partial charge in [-0.25, -0.2) is 0 Å². The third-order valence-electron chi connectivity index (χ3n) is 6.27. The highest BCUT2D eigenvalue weighted by Crippen LogP contribution is 2.43. The zero-order valence-electron chi connectivity index (χ0n) is 19.1. The topological polar surface area (TPSA) is 0 Å². The van der Waals surface area contributed by atoms with Gasteiger partial charge < -0.3 is 0 Å². The second-order valence-electron chi connectivity index (χ2n) is 9.83. The third kappa shape index (κ3) is 3.96. The van der Waals surface area contributed by atoms with Gasteiger partial charge in [-0.15, -0.1) is 0 Å². The molecule has 0 nitrogen and oxygen atoms in total. The minimum absolute atomic E-state index is 0.182. The molecular weight excluding hydrogens is 376 g/mol. The lowest BCUT2D eigenvalue weighted by Crippen LogP contribution is -2.25. The van der Waals surface area contributed by atoms with Gasteiger partial charge in [0.05, 0.1) is 9.52 Å². The standard InChI is InChI=1S/C29H32Si/c1-19(2)25-18-26-23(21-14-16-22(17-15-21)29(4,5)6)11-9-12-24(26)28(25)30-27-13-8-7-10-20(27)3/h7-19,28H,1-6H3. The van der Waals surface area contributed by atoms with Crippen molar-refractivity contribution in [2.24, 2.45) is 5.92 Å². The van der Waals surface area contributed by atoms with Gasteiger partial charge in [-0.3, -0.25) is 0 Å². The summed E-state index contributed by atoms with van der Waals surface area (Å²) in [5.74, 6) is 0.551. The number of fused-ring (bicyclic) bond motifs is 1. The van der Waals surface area contributed by atoms with Crippen molar-refractivity contribution < 1.29 is 0 Å². The molecule has 0 aliphatic heterocycles. The van der Waals surface area contributed by atoms with Crippen molar-refractivity contribution >= 4 is 20.8 Å². The largest absolute Gasteiger partial charge is 0.0948 e. The predicted octanol–water partition coefficient (Wildman–Crippen LogP) is 7.08. The van der Waals surface area contributed by atoms with Gasteiger partial charge in [0, 0.05) is 5.54 Å². The van der Waals surface area contributed by atoms with Crippen molar-refractivity contribution in [3.05, 3.63) is 94.6 Å². The van der Waals surface area contributed by atoms with E-state index in [9.17, 15) is 0 Å². The highest BCUT2D eigenvalue weighted by atomic mass is 28.2. The van der Waals surface area contributed by atoms with Crippen LogP contribution in [0, 0.1) is 12.8 Å². The number of hydrogen-bond acceptors (Lipinski definition) is 0. The van der Waals surface area contributed by atoms with Crippen LogP contribution < -0.4 is 5.19 Å². The summed E-state index contributed by atoms with van der Waals surface area (Å²) in [5.41, 5.74) is 10.6. The number of aryl methyl sites for hydroxylation is 1. The van der Waals surface area contributed by atoms with Gasteiger partial charge in [0.2, 0.25) is 0 Å². The van der Waals surface area contributed by atoms with E-state index in [0.29, 0.717) is 11.5 Å². The van der Waals surface area contributed by atoms with Gasteiger partial charge in [0.15, 0.2) is 0 Å². The van der Waals surface area contributed by atoms with E-state index >= 15 is 0 Å². The van der Waals surface area contributed by atoms with Crippen LogP contribution in [0.5, 0.6) is 0 Å². The SMILES string of the molecule is Cc1ccccc1[Si]C1C(C(C)C)=Cc2c(-c3ccc(C(C)(C)C)cc3)cccc21. The molecule has 0 amide bonds. The van der Waals surface area contributed by atoms with Gasteiger partial charge >= 0.3 is 0 Å². The maximum atomic E-state index is 2.49. The molecule has 3 aromatic rings. The minimum Gasteiger partial charge on any atom is -0.0632 e. The van der Waals surface area contributed by atoms with Gasteiger partial charge in [-0.05, 0) is 46.1 Å². The van der Waals surface area contributed by atoms with E-state index in [1.807, 2.05) is 0 Å². The number of hydrogen-bond donors (Lipinski definition) is 0. The van der Waals surface area contributed by atoms with Crippen molar-refractivity contribution in [2.75, 3.05) is 0 Å². The van der Waals surface area contributed by atoms with Crippen LogP contribution in [0.15, 0.2) is 72.3 Å². The summed E-state index contributed by atoms with van der Waals surface area (Å²) in [5, 5.41) is 1.49. The summed E-state index contributed by atoms with van der Waals surface area (Å²) in [6, 6.07) is 24.9. The molecule has 1 aliphatic carbocycles. The van der Waals surface area contributed by atoms with Gasteiger partial charge in [0.25, 0.3) is 0 Å². The van der Waals surface area contributed by atoms with Crippen molar-refractivity contribution in [2.45, 2.75) is 52.5 Å². The van der Waals surface area contributed by atoms with Crippen molar-refractivity contribution in [3.8, 4) is 11.1 Å². The molecule has 0 spiro atoms. The monoisotopic (exact) mass is 408 g/mol. The molecule has 0 fully saturated rings. The molecule has 1 aliphatic rings. The van der Waals surface area contributed by atoms with E-state index in [1.54, 1.807) is 5.57 Å². The van der Waals surface area contributed by atoms with E-state index in [2.05, 4.69) is 114 Å². The average molecular weight is 409 g/mol. The molecule has 4 rings (SSSR count). The van der Waals surface area contributed by atoms with E-state index < -0.39 is 0 Å². The Bertz CT molecular complexity index is 1080. The minimum atomic E-state index is 0.182. The van der Waals surface area contributed by atoms with Crippen molar-refractivity contribution in [1.29, 1.82) is 0 Å². The Morgan fingerprint density at radius 2 is 1.53 bits per heavy atom. The van der Waals surface area contributed by atoms with Crippen LogP contribution in [0.2, 0.25) is 0 Å². The summed E-state index contributed by atoms with van der Waals surface area (Å²) < 4.78 is 0. The first-order valence-electron chi connectivity index (χ1n) is 11.0. The molecule has 1 unspecified atom stereocenters. The molecule has 0 saturated heterocycles. The fourth-order valence-electron chi connectivity index (χ4n) is 4.38. The van der Waals surface area contributed by atoms with E-state index in [0.717, 1.165) is 9.52 Å². The van der Waals surface area contributed by atoms with Crippen LogP contribution in [-0.2, 0) is 5.41 Å². The van der Waals surface area contributed by atoms with Crippen LogP contribution in [0.25, 0.3) is 17.2 Å². The Kier molecular flexibility index (Phi) is 5.59. The van der Waals surface area contributed by atoms with E-state index in [-0.39, 0.29) is 5.41 Å². The molecule has 152 valence electrons. The molecule has 0 heterocycles. The van der Waals surface area contributed by atoms with Crippen LogP contribution in [0.1, 0.15) is 62.4 Å². The van der Waals surface area contributed by atoms with Gasteiger partial charge in [-0.2, -0.15) is 0 Å². The van der Waals surface area contributed by atoms with Crippen molar-refractivity contribution in [3.63, 3.8) is 0 Å². The molecule has 2 radical (unpaired) electrons. The zero-order chi connectivity index (χ0) is 21.5. The zero-order valence-corrected chi connectivity index (χ0v) is 20.1. The molecule has 0 aromatic heterocycles. The number of rotatable bonds is 4. The first kappa shape index (κ1) is 20.9. The lowest BCUT2D eigenvalue weighted by Gasteiger charge is -2.21. The fraction of sp³-hybridized carbons (Fsp3) is 0.310. The van der Waals surface area contributed by atoms with Crippen molar-refractivity contribution in [1.82, 2.24) is 0 Å². The quantitative estimate of drug-likeness (QED) is 0.404. The van der Waals surface area contributed by atoms with Crippen LogP contribution in [-0.4, -0.2) is 9.52 Å². The first-order valence-corrected chi connectivity index (χ1v) is 12.1. The van der Waals surface area contributed by atoms with Crippen LogP contribution in [0.4, 0.5) is 0 Å². The molecule has 1 atom stereocenters. The fourth-order valence-corrected chi connectivity index (χ4v) is 6.18. The lowest BCUT2D eigenvalue weighted by atomic mass is 9.86. The molecule has 0 N–H and O–H groups in total. The van der Waals surface area contributed by atoms with Crippen LogP contribution in [0.3, 0.4) is 0 Å². The highest BCUT2D eigenvalue weighted by Gasteiger charge is 2.29. The maximum Gasteiger partial charge on any atom is 0.0948 e. The molecule has 0 bridgehead atoms. The summed E-state index contributed by atoms with van der Waals surface area (Å²) in [6.45, 7) is 13.7. The number of benzene rings is 3. The molecular formula is C29H32Si. The molecule has 0 saturated carbocycles. The smallest absolute Gasteiger partial charge is 0.0632 e. The second kappa shape index (κ2) is 8.04. The second-order valence-corrected chi connectivity index (χ2v) is 11.2. The Labute approximate surface area is 184 Å². The highest BCUT2D eigenvalue weighted by molar-refractivity contribution is 6.57. The number of allylic oxidation sites excluding steroid dienone is 1. The summed E-state index contributed by atoms with van der Waals surface area (Å²) in [6.07, 6.45) is 2.49. The van der Waals surface area contributed by atoms with E-state index in [4.69, 9.17) is 0 Å². The van der Waals surface area contributed by atoms with Gasteiger partial charge in [-0.1, -0.05) is 124 Å². The molecule has 1 heteroatoms.